The summed E-state index contributed by atoms with van der Waals surface area (Å²) in [5, 5.41) is 7.87. The van der Waals surface area contributed by atoms with E-state index in [0.717, 1.165) is 23.6 Å². The standard InChI is InChI=1S/C16H20ClN3OS/c1-2-15(20-11-3-10-19-20)16(21)18-9-4-12-22-14-7-5-13(17)6-8-14/h3,5-8,10-11,15H,2,4,9,12H2,1H3,(H,18,21). The van der Waals surface area contributed by atoms with Gasteiger partial charge in [-0.15, -0.1) is 11.8 Å². The maximum Gasteiger partial charge on any atom is 0.244 e. The Bertz CT molecular complexity index is 572. The smallest absolute Gasteiger partial charge is 0.244 e. The van der Waals surface area contributed by atoms with Gasteiger partial charge in [-0.05, 0) is 48.9 Å². The lowest BCUT2D eigenvalue weighted by atomic mass is 10.2. The van der Waals surface area contributed by atoms with Crippen molar-refractivity contribution in [2.75, 3.05) is 12.3 Å². The van der Waals surface area contributed by atoms with E-state index in [1.807, 2.05) is 43.5 Å². The third-order valence-corrected chi connectivity index (χ3v) is 4.59. The van der Waals surface area contributed by atoms with Crippen molar-refractivity contribution in [1.29, 1.82) is 0 Å². The lowest BCUT2D eigenvalue weighted by molar-refractivity contribution is -0.124. The van der Waals surface area contributed by atoms with Crippen LogP contribution in [0, 0.1) is 0 Å². The zero-order chi connectivity index (χ0) is 15.8. The van der Waals surface area contributed by atoms with Gasteiger partial charge in [0.05, 0.1) is 0 Å². The van der Waals surface area contributed by atoms with Crippen LogP contribution in [-0.2, 0) is 4.79 Å². The molecule has 2 rings (SSSR count). The quantitative estimate of drug-likeness (QED) is 0.589. The van der Waals surface area contributed by atoms with Crippen LogP contribution in [0.1, 0.15) is 25.8 Å². The van der Waals surface area contributed by atoms with Crippen molar-refractivity contribution in [2.45, 2.75) is 30.7 Å². The zero-order valence-electron chi connectivity index (χ0n) is 12.5. The average molecular weight is 338 g/mol. The van der Waals surface area contributed by atoms with Crippen molar-refractivity contribution >= 4 is 29.3 Å². The Balaban J connectivity index is 1.67. The van der Waals surface area contributed by atoms with E-state index in [2.05, 4.69) is 10.4 Å². The first-order valence-electron chi connectivity index (χ1n) is 7.36. The number of halogens is 1. The van der Waals surface area contributed by atoms with Crippen molar-refractivity contribution in [2.24, 2.45) is 0 Å². The van der Waals surface area contributed by atoms with E-state index in [4.69, 9.17) is 11.6 Å². The molecule has 0 saturated carbocycles. The summed E-state index contributed by atoms with van der Waals surface area (Å²) in [4.78, 5) is 13.3. The van der Waals surface area contributed by atoms with Crippen LogP contribution in [0.15, 0.2) is 47.6 Å². The van der Waals surface area contributed by atoms with Gasteiger partial charge in [-0.1, -0.05) is 18.5 Å². The van der Waals surface area contributed by atoms with Gasteiger partial charge in [-0.3, -0.25) is 9.48 Å². The molecule has 0 spiro atoms. The molecule has 6 heteroatoms. The van der Waals surface area contributed by atoms with E-state index in [0.29, 0.717) is 6.54 Å². The molecule has 1 atom stereocenters. The average Bonchev–Trinajstić information content (AvgIpc) is 3.03. The maximum atomic E-state index is 12.1. The highest BCUT2D eigenvalue weighted by Crippen LogP contribution is 2.20. The summed E-state index contributed by atoms with van der Waals surface area (Å²) in [6.45, 7) is 2.67. The van der Waals surface area contributed by atoms with Gasteiger partial charge in [0.25, 0.3) is 0 Å². The third kappa shape index (κ3) is 5.07. The van der Waals surface area contributed by atoms with Crippen LogP contribution in [-0.4, -0.2) is 28.0 Å². The number of hydrogen-bond donors (Lipinski definition) is 1. The van der Waals surface area contributed by atoms with Crippen LogP contribution in [0.2, 0.25) is 5.02 Å². The Morgan fingerprint density at radius 2 is 2.18 bits per heavy atom. The highest BCUT2D eigenvalue weighted by molar-refractivity contribution is 7.99. The van der Waals surface area contributed by atoms with Gasteiger partial charge in [0.1, 0.15) is 6.04 Å². The third-order valence-electron chi connectivity index (χ3n) is 3.24. The Morgan fingerprint density at radius 1 is 1.41 bits per heavy atom. The Morgan fingerprint density at radius 3 is 2.82 bits per heavy atom. The Labute approximate surface area is 140 Å². The van der Waals surface area contributed by atoms with Gasteiger partial charge < -0.3 is 5.32 Å². The minimum Gasteiger partial charge on any atom is -0.354 e. The van der Waals surface area contributed by atoms with Crippen LogP contribution in [0.3, 0.4) is 0 Å². The van der Waals surface area contributed by atoms with Crippen LogP contribution >= 0.6 is 23.4 Å². The molecule has 1 aromatic carbocycles. The molecule has 22 heavy (non-hydrogen) atoms. The van der Waals surface area contributed by atoms with E-state index in [1.54, 1.807) is 22.6 Å². The molecule has 0 fully saturated rings. The lowest BCUT2D eigenvalue weighted by Crippen LogP contribution is -2.33. The molecule has 0 radical (unpaired) electrons. The summed E-state index contributed by atoms with van der Waals surface area (Å²) in [5.41, 5.74) is 0. The zero-order valence-corrected chi connectivity index (χ0v) is 14.1. The number of thioether (sulfide) groups is 1. The van der Waals surface area contributed by atoms with Gasteiger partial charge in [-0.25, -0.2) is 0 Å². The molecule has 2 aromatic rings. The predicted molar refractivity (Wildman–Crippen MR) is 91.4 cm³/mol. The monoisotopic (exact) mass is 337 g/mol. The second-order valence-electron chi connectivity index (χ2n) is 4.86. The molecular weight excluding hydrogens is 318 g/mol. The molecule has 0 aliphatic carbocycles. The van der Waals surface area contributed by atoms with E-state index in [1.165, 1.54) is 4.90 Å². The number of carbonyl (C=O) groups excluding carboxylic acids is 1. The van der Waals surface area contributed by atoms with Crippen molar-refractivity contribution in [3.05, 3.63) is 47.7 Å². The summed E-state index contributed by atoms with van der Waals surface area (Å²) in [6.07, 6.45) is 5.17. The number of carbonyl (C=O) groups is 1. The summed E-state index contributed by atoms with van der Waals surface area (Å²) >= 11 is 7.62. The van der Waals surface area contributed by atoms with Gasteiger partial charge in [0.15, 0.2) is 0 Å². The first kappa shape index (κ1) is 16.9. The van der Waals surface area contributed by atoms with E-state index in [-0.39, 0.29) is 11.9 Å². The molecule has 0 aliphatic heterocycles. The fraction of sp³-hybridized carbons (Fsp3) is 0.375. The molecule has 0 saturated heterocycles. The molecule has 0 aliphatic rings. The number of rotatable bonds is 8. The first-order chi connectivity index (χ1) is 10.7. The minimum absolute atomic E-state index is 0.0303. The molecular formula is C16H20ClN3OS. The van der Waals surface area contributed by atoms with Crippen molar-refractivity contribution in [3.8, 4) is 0 Å². The fourth-order valence-electron chi connectivity index (χ4n) is 2.08. The van der Waals surface area contributed by atoms with Crippen molar-refractivity contribution < 1.29 is 4.79 Å². The predicted octanol–water partition coefficient (Wildman–Crippen LogP) is 3.79. The van der Waals surface area contributed by atoms with E-state index >= 15 is 0 Å². The lowest BCUT2D eigenvalue weighted by Gasteiger charge is -2.15. The summed E-state index contributed by atoms with van der Waals surface area (Å²) in [5.74, 6) is 0.989. The van der Waals surface area contributed by atoms with E-state index in [9.17, 15) is 4.79 Å². The summed E-state index contributed by atoms with van der Waals surface area (Å²) in [7, 11) is 0. The molecule has 1 N–H and O–H groups in total. The van der Waals surface area contributed by atoms with Gasteiger partial charge in [0, 0.05) is 28.9 Å². The fourth-order valence-corrected chi connectivity index (χ4v) is 3.06. The number of nitrogens with one attached hydrogen (secondary N) is 1. The topological polar surface area (TPSA) is 46.9 Å². The molecule has 0 bridgehead atoms. The second-order valence-corrected chi connectivity index (χ2v) is 6.46. The number of aromatic nitrogens is 2. The van der Waals surface area contributed by atoms with Crippen LogP contribution in [0.25, 0.3) is 0 Å². The number of hydrogen-bond acceptors (Lipinski definition) is 3. The normalized spacial score (nSPS) is 12.1. The SMILES string of the molecule is CCC(C(=O)NCCCSc1ccc(Cl)cc1)n1cccn1. The minimum atomic E-state index is -0.223. The molecule has 1 unspecified atom stereocenters. The molecule has 118 valence electrons. The van der Waals surface area contributed by atoms with E-state index < -0.39 is 0 Å². The largest absolute Gasteiger partial charge is 0.354 e. The first-order valence-corrected chi connectivity index (χ1v) is 8.72. The summed E-state index contributed by atoms with van der Waals surface area (Å²) in [6, 6.07) is 9.41. The Kier molecular flexibility index (Phi) is 6.80. The maximum absolute atomic E-state index is 12.1. The molecule has 1 aromatic heterocycles. The molecule has 1 amide bonds. The highest BCUT2D eigenvalue weighted by atomic mass is 35.5. The van der Waals surface area contributed by atoms with Gasteiger partial charge in [-0.2, -0.15) is 5.10 Å². The molecule has 4 nitrogen and oxygen atoms in total. The Hall–Kier alpha value is -1.46. The van der Waals surface area contributed by atoms with Gasteiger partial charge >= 0.3 is 0 Å². The highest BCUT2D eigenvalue weighted by Gasteiger charge is 2.17. The number of amides is 1. The van der Waals surface area contributed by atoms with Crippen molar-refractivity contribution in [1.82, 2.24) is 15.1 Å². The van der Waals surface area contributed by atoms with Crippen molar-refractivity contribution in [3.63, 3.8) is 0 Å². The van der Waals surface area contributed by atoms with Crippen LogP contribution in [0.5, 0.6) is 0 Å². The molecule has 1 heterocycles. The van der Waals surface area contributed by atoms with Gasteiger partial charge in [0.2, 0.25) is 5.91 Å². The van der Waals surface area contributed by atoms with Crippen LogP contribution in [0.4, 0.5) is 0 Å². The number of benzene rings is 1. The second kappa shape index (κ2) is 8.86. The summed E-state index contributed by atoms with van der Waals surface area (Å²) < 4.78 is 1.71. The number of nitrogens with zero attached hydrogens (tertiary/aromatic N) is 2. The van der Waals surface area contributed by atoms with Crippen LogP contribution < -0.4 is 5.32 Å².